The van der Waals surface area contributed by atoms with Crippen LogP contribution < -0.4 is 15.9 Å². The molecule has 3 aromatic heterocycles. The Labute approximate surface area is 194 Å². The molecule has 0 saturated carbocycles. The van der Waals surface area contributed by atoms with Gasteiger partial charge in [-0.1, -0.05) is 16.8 Å². The second kappa shape index (κ2) is 8.91. The lowest BCUT2D eigenvalue weighted by molar-refractivity contribution is 0.225. The molecule has 0 unspecified atom stereocenters. The summed E-state index contributed by atoms with van der Waals surface area (Å²) in [5, 5.41) is 12.7. The molecule has 8 nitrogen and oxygen atoms in total. The molecule has 0 bridgehead atoms. The number of fused-ring (bicyclic) bond motifs is 1. The van der Waals surface area contributed by atoms with E-state index in [1.807, 2.05) is 26.0 Å². The summed E-state index contributed by atoms with van der Waals surface area (Å²) in [6.45, 7) is 5.44. The zero-order valence-electron chi connectivity index (χ0n) is 18.2. The van der Waals surface area contributed by atoms with E-state index in [1.54, 1.807) is 37.5 Å². The molecule has 0 aliphatic carbocycles. The van der Waals surface area contributed by atoms with Gasteiger partial charge in [0.05, 0.1) is 5.39 Å². The zero-order chi connectivity index (χ0) is 23.7. The average Bonchev–Trinajstić information content (AvgIpc) is 2.82. The molecular formula is C24H21ClN4O4. The third-order valence-electron chi connectivity index (χ3n) is 5.23. The van der Waals surface area contributed by atoms with Crippen molar-refractivity contribution in [1.82, 2.24) is 9.97 Å². The van der Waals surface area contributed by atoms with E-state index < -0.39 is 6.10 Å². The fraction of sp³-hybridized carbons (Fsp3) is 0.167. The third-order valence-corrected chi connectivity index (χ3v) is 5.44. The van der Waals surface area contributed by atoms with Crippen molar-refractivity contribution < 1.29 is 14.4 Å². The quantitative estimate of drug-likeness (QED) is 0.143. The summed E-state index contributed by atoms with van der Waals surface area (Å²) in [4.78, 5) is 21.4. The summed E-state index contributed by atoms with van der Waals surface area (Å²) in [7, 11) is 0. The number of hydrogen-bond acceptors (Lipinski definition) is 7. The van der Waals surface area contributed by atoms with E-state index >= 15 is 0 Å². The molecule has 0 spiro atoms. The van der Waals surface area contributed by atoms with Crippen LogP contribution in [-0.2, 0) is 0 Å². The Bertz CT molecular complexity index is 1430. The standard InChI is InChI=1S/C24H21ClN4O4/c1-12-9-16(14(3)32-18-6-7-19(25)28-20(18)24(26)29-31)23-17(10-12)21(30)13(2)22(33-23)15-5-4-8-27-11-15/h4-11,14,31H,1-3H3,(H2,26,29)/t14-/m1/s1. The highest BCUT2D eigenvalue weighted by molar-refractivity contribution is 6.29. The van der Waals surface area contributed by atoms with Gasteiger partial charge in [-0.2, -0.15) is 0 Å². The van der Waals surface area contributed by atoms with Crippen LogP contribution in [-0.4, -0.2) is 21.0 Å². The van der Waals surface area contributed by atoms with Gasteiger partial charge in [0.15, 0.2) is 17.0 Å². The van der Waals surface area contributed by atoms with Crippen LogP contribution in [0.4, 0.5) is 0 Å². The van der Waals surface area contributed by atoms with Crippen molar-refractivity contribution in [3.05, 3.63) is 86.6 Å². The van der Waals surface area contributed by atoms with Gasteiger partial charge < -0.3 is 20.1 Å². The van der Waals surface area contributed by atoms with Crippen LogP contribution in [0.3, 0.4) is 0 Å². The number of aryl methyl sites for hydroxylation is 1. The van der Waals surface area contributed by atoms with Gasteiger partial charge in [0.1, 0.15) is 28.3 Å². The molecule has 0 aliphatic heterocycles. The van der Waals surface area contributed by atoms with Crippen molar-refractivity contribution in [2.45, 2.75) is 26.9 Å². The van der Waals surface area contributed by atoms with E-state index in [1.165, 1.54) is 6.07 Å². The molecule has 3 N–H and O–H groups in total. The minimum absolute atomic E-state index is 0.0992. The summed E-state index contributed by atoms with van der Waals surface area (Å²) in [5.74, 6) is 0.469. The van der Waals surface area contributed by atoms with Crippen LogP contribution in [0, 0.1) is 13.8 Å². The zero-order valence-corrected chi connectivity index (χ0v) is 18.9. The molecule has 0 radical (unpaired) electrons. The summed E-state index contributed by atoms with van der Waals surface area (Å²) in [6.07, 6.45) is 2.73. The fourth-order valence-corrected chi connectivity index (χ4v) is 3.79. The van der Waals surface area contributed by atoms with Crippen molar-refractivity contribution in [2.24, 2.45) is 10.9 Å². The monoisotopic (exact) mass is 464 g/mol. The number of benzene rings is 1. The van der Waals surface area contributed by atoms with Crippen LogP contribution in [0.25, 0.3) is 22.3 Å². The van der Waals surface area contributed by atoms with Crippen LogP contribution in [0.2, 0.25) is 5.15 Å². The Morgan fingerprint density at radius 2 is 2.06 bits per heavy atom. The number of nitrogens with zero attached hydrogens (tertiary/aromatic N) is 3. The number of oxime groups is 1. The minimum atomic E-state index is -0.576. The summed E-state index contributed by atoms with van der Waals surface area (Å²) in [5.41, 5.74) is 8.86. The molecule has 4 rings (SSSR count). The number of halogens is 1. The van der Waals surface area contributed by atoms with E-state index in [9.17, 15) is 4.79 Å². The molecule has 0 saturated heterocycles. The molecule has 33 heavy (non-hydrogen) atoms. The number of ether oxygens (including phenoxy) is 1. The van der Waals surface area contributed by atoms with Gasteiger partial charge in [-0.3, -0.25) is 9.78 Å². The average molecular weight is 465 g/mol. The van der Waals surface area contributed by atoms with Crippen molar-refractivity contribution in [3.8, 4) is 17.1 Å². The lowest BCUT2D eigenvalue weighted by atomic mass is 10.0. The second-order valence-electron chi connectivity index (χ2n) is 7.58. The maximum absolute atomic E-state index is 13.2. The predicted molar refractivity (Wildman–Crippen MR) is 126 cm³/mol. The van der Waals surface area contributed by atoms with Crippen molar-refractivity contribution in [1.29, 1.82) is 0 Å². The number of nitrogens with two attached hydrogens (primary N) is 1. The van der Waals surface area contributed by atoms with E-state index in [-0.39, 0.29) is 27.9 Å². The molecule has 168 valence electrons. The maximum Gasteiger partial charge on any atom is 0.196 e. The Kier molecular flexibility index (Phi) is 6.02. The Hall–Kier alpha value is -3.91. The van der Waals surface area contributed by atoms with Gasteiger partial charge in [-0.25, -0.2) is 4.98 Å². The number of hydrogen-bond donors (Lipinski definition) is 2. The van der Waals surface area contributed by atoms with E-state index in [0.717, 1.165) is 5.56 Å². The van der Waals surface area contributed by atoms with Gasteiger partial charge in [0.25, 0.3) is 0 Å². The van der Waals surface area contributed by atoms with Gasteiger partial charge >= 0.3 is 0 Å². The first kappa shape index (κ1) is 22.3. The molecule has 3 heterocycles. The van der Waals surface area contributed by atoms with E-state index in [0.29, 0.717) is 33.4 Å². The van der Waals surface area contributed by atoms with Crippen molar-refractivity contribution in [2.75, 3.05) is 0 Å². The van der Waals surface area contributed by atoms with Crippen LogP contribution in [0.15, 0.2) is 63.2 Å². The third kappa shape index (κ3) is 4.25. The molecule has 9 heteroatoms. The topological polar surface area (TPSA) is 124 Å². The Morgan fingerprint density at radius 3 is 2.76 bits per heavy atom. The van der Waals surface area contributed by atoms with E-state index in [4.69, 9.17) is 31.7 Å². The van der Waals surface area contributed by atoms with Crippen LogP contribution in [0.1, 0.15) is 35.4 Å². The van der Waals surface area contributed by atoms with Gasteiger partial charge in [-0.05, 0) is 62.7 Å². The second-order valence-corrected chi connectivity index (χ2v) is 7.97. The number of pyridine rings is 2. The van der Waals surface area contributed by atoms with Crippen molar-refractivity contribution in [3.63, 3.8) is 0 Å². The lowest BCUT2D eigenvalue weighted by Gasteiger charge is -2.19. The van der Waals surface area contributed by atoms with E-state index in [2.05, 4.69) is 15.1 Å². The number of amidine groups is 1. The lowest BCUT2D eigenvalue weighted by Crippen LogP contribution is -2.18. The fourth-order valence-electron chi connectivity index (χ4n) is 3.64. The summed E-state index contributed by atoms with van der Waals surface area (Å²) in [6, 6.07) is 10.4. The predicted octanol–water partition coefficient (Wildman–Crippen LogP) is 4.75. The van der Waals surface area contributed by atoms with Gasteiger partial charge in [-0.15, -0.1) is 0 Å². The summed E-state index contributed by atoms with van der Waals surface area (Å²) < 4.78 is 12.4. The molecule has 4 aromatic rings. The normalized spacial score (nSPS) is 12.7. The first-order valence-corrected chi connectivity index (χ1v) is 10.5. The van der Waals surface area contributed by atoms with Crippen LogP contribution >= 0.6 is 11.6 Å². The molecular weight excluding hydrogens is 444 g/mol. The first-order chi connectivity index (χ1) is 15.8. The highest BCUT2D eigenvalue weighted by Gasteiger charge is 2.21. The minimum Gasteiger partial charge on any atom is -0.483 e. The molecule has 1 atom stereocenters. The number of aromatic nitrogens is 2. The molecule has 0 aliphatic rings. The highest BCUT2D eigenvalue weighted by Crippen LogP contribution is 2.33. The number of rotatable bonds is 5. The summed E-state index contributed by atoms with van der Waals surface area (Å²) >= 11 is 5.96. The SMILES string of the molecule is Cc1cc([C@@H](C)Oc2ccc(Cl)nc2C(N)=NO)c2oc(-c3cccnc3)c(C)c(=O)c2c1. The first-order valence-electron chi connectivity index (χ1n) is 10.1. The van der Waals surface area contributed by atoms with Crippen molar-refractivity contribution >= 4 is 28.4 Å². The molecule has 0 fully saturated rings. The largest absolute Gasteiger partial charge is 0.483 e. The Morgan fingerprint density at radius 1 is 1.27 bits per heavy atom. The van der Waals surface area contributed by atoms with Gasteiger partial charge in [0, 0.05) is 29.1 Å². The van der Waals surface area contributed by atoms with Gasteiger partial charge in [0.2, 0.25) is 0 Å². The maximum atomic E-state index is 13.2. The smallest absolute Gasteiger partial charge is 0.196 e. The highest BCUT2D eigenvalue weighted by atomic mass is 35.5. The van der Waals surface area contributed by atoms with Crippen LogP contribution in [0.5, 0.6) is 5.75 Å². The molecule has 1 aromatic carbocycles. The molecule has 0 amide bonds. The Balaban J connectivity index is 1.88.